The fraction of sp³-hybridized carbons (Fsp3) is 0.385. The molecule has 1 atom stereocenters. The first kappa shape index (κ1) is 14.2. The van der Waals surface area contributed by atoms with E-state index in [1.807, 2.05) is 19.1 Å². The molecule has 18 heavy (non-hydrogen) atoms. The van der Waals surface area contributed by atoms with Crippen molar-refractivity contribution < 1.29 is 14.7 Å². The van der Waals surface area contributed by atoms with Crippen molar-refractivity contribution in [2.45, 2.75) is 26.3 Å². The van der Waals surface area contributed by atoms with Gasteiger partial charge in [0.25, 0.3) is 0 Å². The molecule has 1 amide bonds. The number of nitrogens with zero attached hydrogens (tertiary/aromatic N) is 1. The predicted molar refractivity (Wildman–Crippen MR) is 69.4 cm³/mol. The van der Waals surface area contributed by atoms with E-state index >= 15 is 0 Å². The summed E-state index contributed by atoms with van der Waals surface area (Å²) in [6.07, 6.45) is -0.105. The smallest absolute Gasteiger partial charge is 0.305 e. The number of carbonyl (C=O) groups is 2. The van der Waals surface area contributed by atoms with Crippen LogP contribution in [0.1, 0.15) is 18.9 Å². The van der Waals surface area contributed by atoms with Gasteiger partial charge in [-0.05, 0) is 26.0 Å². The largest absolute Gasteiger partial charge is 0.481 e. The molecule has 0 bridgehead atoms. The lowest BCUT2D eigenvalue weighted by atomic mass is 10.2. The van der Waals surface area contributed by atoms with Gasteiger partial charge in [0.05, 0.1) is 12.5 Å². The lowest BCUT2D eigenvalue weighted by Crippen LogP contribution is -2.43. The molecular formula is C13H18N2O3. The van der Waals surface area contributed by atoms with Crippen molar-refractivity contribution in [3.05, 3.63) is 29.8 Å². The number of rotatable bonds is 5. The standard InChI is InChI=1S/C13H18N2O3/c1-9-3-5-11(6-4-9)15(8-7-12(16)17)13(18)10(2)14/h3-6,10H,7-8,14H2,1-2H3,(H,16,17). The van der Waals surface area contributed by atoms with Crippen LogP contribution in [0.4, 0.5) is 5.69 Å². The fourth-order valence-corrected chi connectivity index (χ4v) is 1.54. The van der Waals surface area contributed by atoms with Crippen LogP contribution in [0.2, 0.25) is 0 Å². The van der Waals surface area contributed by atoms with E-state index in [1.54, 1.807) is 19.1 Å². The lowest BCUT2D eigenvalue weighted by molar-refractivity contribution is -0.136. The Bertz CT molecular complexity index is 426. The highest BCUT2D eigenvalue weighted by atomic mass is 16.4. The minimum absolute atomic E-state index is 0.105. The number of benzene rings is 1. The summed E-state index contributed by atoms with van der Waals surface area (Å²) in [5.41, 5.74) is 7.32. The molecule has 0 aliphatic rings. The van der Waals surface area contributed by atoms with Gasteiger partial charge in [0, 0.05) is 12.2 Å². The van der Waals surface area contributed by atoms with Gasteiger partial charge in [-0.1, -0.05) is 17.7 Å². The highest BCUT2D eigenvalue weighted by Gasteiger charge is 2.19. The number of aliphatic carboxylic acids is 1. The molecule has 0 saturated heterocycles. The van der Waals surface area contributed by atoms with E-state index in [2.05, 4.69) is 0 Å². The van der Waals surface area contributed by atoms with Gasteiger partial charge in [0.2, 0.25) is 5.91 Å². The number of amides is 1. The maximum atomic E-state index is 11.9. The minimum atomic E-state index is -0.940. The van der Waals surface area contributed by atoms with Crippen LogP contribution in [0.3, 0.4) is 0 Å². The molecule has 1 aromatic rings. The molecule has 0 heterocycles. The Hall–Kier alpha value is -1.88. The van der Waals surface area contributed by atoms with Crippen molar-refractivity contribution in [3.8, 4) is 0 Å². The molecular weight excluding hydrogens is 232 g/mol. The van der Waals surface area contributed by atoms with Crippen molar-refractivity contribution in [2.75, 3.05) is 11.4 Å². The summed E-state index contributed by atoms with van der Waals surface area (Å²) in [5, 5.41) is 8.70. The molecule has 1 unspecified atom stereocenters. The number of hydrogen-bond acceptors (Lipinski definition) is 3. The summed E-state index contributed by atoms with van der Waals surface area (Å²) in [4.78, 5) is 24.0. The van der Waals surface area contributed by atoms with Gasteiger partial charge in [-0.15, -0.1) is 0 Å². The number of nitrogens with two attached hydrogens (primary N) is 1. The van der Waals surface area contributed by atoms with Crippen molar-refractivity contribution in [1.82, 2.24) is 0 Å². The van der Waals surface area contributed by atoms with Gasteiger partial charge in [0.1, 0.15) is 0 Å². The molecule has 0 saturated carbocycles. The zero-order valence-electron chi connectivity index (χ0n) is 10.6. The molecule has 0 aliphatic carbocycles. The Morgan fingerprint density at radius 3 is 2.33 bits per heavy atom. The Balaban J connectivity index is 2.92. The number of anilines is 1. The zero-order valence-corrected chi connectivity index (χ0v) is 10.6. The summed E-state index contributed by atoms with van der Waals surface area (Å²) in [6.45, 7) is 3.65. The quantitative estimate of drug-likeness (QED) is 0.821. The minimum Gasteiger partial charge on any atom is -0.481 e. The number of carbonyl (C=O) groups excluding carboxylic acids is 1. The highest BCUT2D eigenvalue weighted by Crippen LogP contribution is 2.16. The van der Waals surface area contributed by atoms with Crippen LogP contribution in [-0.2, 0) is 9.59 Å². The van der Waals surface area contributed by atoms with E-state index in [9.17, 15) is 9.59 Å². The molecule has 0 fully saturated rings. The maximum Gasteiger partial charge on any atom is 0.305 e. The summed E-state index contributed by atoms with van der Waals surface area (Å²) >= 11 is 0. The zero-order chi connectivity index (χ0) is 13.7. The Labute approximate surface area is 106 Å². The van der Waals surface area contributed by atoms with Crippen molar-refractivity contribution in [3.63, 3.8) is 0 Å². The fourth-order valence-electron chi connectivity index (χ4n) is 1.54. The average Bonchev–Trinajstić information content (AvgIpc) is 2.30. The molecule has 1 rings (SSSR count). The van der Waals surface area contributed by atoms with Gasteiger partial charge < -0.3 is 15.7 Å². The van der Waals surface area contributed by atoms with Crippen LogP contribution in [0.25, 0.3) is 0 Å². The Morgan fingerprint density at radius 2 is 1.89 bits per heavy atom. The normalized spacial score (nSPS) is 11.9. The van der Waals surface area contributed by atoms with Crippen LogP contribution < -0.4 is 10.6 Å². The summed E-state index contributed by atoms with van der Waals surface area (Å²) in [6, 6.07) is 6.67. The first-order valence-corrected chi connectivity index (χ1v) is 5.77. The van der Waals surface area contributed by atoms with Crippen LogP contribution >= 0.6 is 0 Å². The van der Waals surface area contributed by atoms with Gasteiger partial charge in [-0.3, -0.25) is 9.59 Å². The number of carboxylic acids is 1. The first-order valence-electron chi connectivity index (χ1n) is 5.77. The molecule has 5 heteroatoms. The van der Waals surface area contributed by atoms with E-state index in [1.165, 1.54) is 4.90 Å². The Kier molecular flexibility index (Phi) is 4.85. The summed E-state index contributed by atoms with van der Waals surface area (Å²) in [5.74, 6) is -1.22. The van der Waals surface area contributed by atoms with Crippen LogP contribution in [0.15, 0.2) is 24.3 Å². The third kappa shape index (κ3) is 3.85. The molecule has 1 aromatic carbocycles. The van der Waals surface area contributed by atoms with Crippen LogP contribution in [0.5, 0.6) is 0 Å². The number of carboxylic acid groups (broad SMARTS) is 1. The van der Waals surface area contributed by atoms with E-state index < -0.39 is 12.0 Å². The second kappa shape index (κ2) is 6.16. The monoisotopic (exact) mass is 250 g/mol. The van der Waals surface area contributed by atoms with Gasteiger partial charge in [-0.2, -0.15) is 0 Å². The number of hydrogen-bond donors (Lipinski definition) is 2. The van der Waals surface area contributed by atoms with Crippen molar-refractivity contribution in [1.29, 1.82) is 0 Å². The molecule has 0 radical (unpaired) electrons. The first-order chi connectivity index (χ1) is 8.41. The number of aryl methyl sites for hydroxylation is 1. The van der Waals surface area contributed by atoms with E-state index in [0.29, 0.717) is 5.69 Å². The second-order valence-electron chi connectivity index (χ2n) is 4.26. The average molecular weight is 250 g/mol. The maximum absolute atomic E-state index is 11.9. The molecule has 0 aliphatic heterocycles. The van der Waals surface area contributed by atoms with Crippen molar-refractivity contribution >= 4 is 17.6 Å². The van der Waals surface area contributed by atoms with Gasteiger partial charge >= 0.3 is 5.97 Å². The highest BCUT2D eigenvalue weighted by molar-refractivity contribution is 5.97. The predicted octanol–water partition coefficient (Wildman–Crippen LogP) is 1.15. The SMILES string of the molecule is Cc1ccc(N(CCC(=O)O)C(=O)C(C)N)cc1. The molecule has 5 nitrogen and oxygen atoms in total. The Morgan fingerprint density at radius 1 is 1.33 bits per heavy atom. The van der Waals surface area contributed by atoms with Crippen LogP contribution in [0, 0.1) is 6.92 Å². The van der Waals surface area contributed by atoms with Crippen LogP contribution in [-0.4, -0.2) is 29.6 Å². The van der Waals surface area contributed by atoms with E-state index in [-0.39, 0.29) is 18.9 Å². The summed E-state index contributed by atoms with van der Waals surface area (Å²) < 4.78 is 0. The van der Waals surface area contributed by atoms with E-state index in [0.717, 1.165) is 5.56 Å². The lowest BCUT2D eigenvalue weighted by Gasteiger charge is -2.24. The molecule has 0 aromatic heterocycles. The van der Waals surface area contributed by atoms with Crippen molar-refractivity contribution in [2.24, 2.45) is 5.73 Å². The molecule has 98 valence electrons. The third-order valence-electron chi connectivity index (χ3n) is 2.55. The van der Waals surface area contributed by atoms with Gasteiger partial charge in [0.15, 0.2) is 0 Å². The van der Waals surface area contributed by atoms with Gasteiger partial charge in [-0.25, -0.2) is 0 Å². The molecule has 0 spiro atoms. The third-order valence-corrected chi connectivity index (χ3v) is 2.55. The summed E-state index contributed by atoms with van der Waals surface area (Å²) in [7, 11) is 0. The second-order valence-corrected chi connectivity index (χ2v) is 4.26. The van der Waals surface area contributed by atoms with E-state index in [4.69, 9.17) is 10.8 Å². The topological polar surface area (TPSA) is 83.6 Å². The molecule has 3 N–H and O–H groups in total.